The van der Waals surface area contributed by atoms with E-state index in [0.717, 1.165) is 16.9 Å². The van der Waals surface area contributed by atoms with Gasteiger partial charge in [0.15, 0.2) is 0 Å². The lowest BCUT2D eigenvalue weighted by molar-refractivity contribution is 0.410. The average Bonchev–Trinajstić information content (AvgIpc) is 3.14. The summed E-state index contributed by atoms with van der Waals surface area (Å²) >= 11 is 1.41. The molecule has 142 valence electrons. The molecule has 0 saturated heterocycles. The predicted octanol–water partition coefficient (Wildman–Crippen LogP) is 2.59. The van der Waals surface area contributed by atoms with Gasteiger partial charge >= 0.3 is 0 Å². The van der Waals surface area contributed by atoms with Crippen LogP contribution in [0.1, 0.15) is 17.0 Å². The zero-order valence-corrected chi connectivity index (χ0v) is 16.5. The Hall–Kier alpha value is -3.20. The number of hydrogen-bond donors (Lipinski definition) is 0. The third-order valence-electron chi connectivity index (χ3n) is 4.29. The van der Waals surface area contributed by atoms with Crippen molar-refractivity contribution < 1.29 is 4.74 Å². The third kappa shape index (κ3) is 3.36. The molecule has 4 rings (SSSR count). The quantitative estimate of drug-likeness (QED) is 0.481. The van der Waals surface area contributed by atoms with Gasteiger partial charge in [0.25, 0.3) is 5.56 Å². The Balaban J connectivity index is 1.65. The van der Waals surface area contributed by atoms with Gasteiger partial charge in [-0.15, -0.1) is 5.10 Å². The largest absolute Gasteiger partial charge is 0.494 e. The van der Waals surface area contributed by atoms with Crippen LogP contribution in [0.4, 0.5) is 0 Å². The van der Waals surface area contributed by atoms with Gasteiger partial charge in [0, 0.05) is 17.5 Å². The summed E-state index contributed by atoms with van der Waals surface area (Å²) < 4.78 is 8.66. The van der Waals surface area contributed by atoms with Gasteiger partial charge in [-0.1, -0.05) is 23.9 Å². The van der Waals surface area contributed by atoms with Crippen LogP contribution in [0.2, 0.25) is 0 Å². The molecule has 0 amide bonds. The Labute approximate surface area is 165 Å². The van der Waals surface area contributed by atoms with Crippen LogP contribution in [0, 0.1) is 13.8 Å². The Kier molecular flexibility index (Phi) is 4.82. The van der Waals surface area contributed by atoms with Gasteiger partial charge < -0.3 is 4.74 Å². The highest BCUT2D eigenvalue weighted by molar-refractivity contribution is 7.98. The zero-order chi connectivity index (χ0) is 19.7. The number of fused-ring (bicyclic) bond motifs is 1. The molecule has 0 aliphatic carbocycles. The van der Waals surface area contributed by atoms with Crippen LogP contribution in [-0.2, 0) is 5.75 Å². The number of benzene rings is 1. The first kappa shape index (κ1) is 18.2. The Morgan fingerprint density at radius 1 is 1.14 bits per heavy atom. The van der Waals surface area contributed by atoms with Gasteiger partial charge in [-0.2, -0.15) is 4.68 Å². The molecule has 9 heteroatoms. The van der Waals surface area contributed by atoms with E-state index in [4.69, 9.17) is 4.74 Å². The molecule has 28 heavy (non-hydrogen) atoms. The third-order valence-corrected chi connectivity index (χ3v) is 5.24. The maximum Gasteiger partial charge on any atom is 0.258 e. The second-order valence-corrected chi connectivity index (χ2v) is 7.23. The molecule has 0 saturated carbocycles. The van der Waals surface area contributed by atoms with Crippen molar-refractivity contribution >= 4 is 17.4 Å². The molecule has 3 aromatic heterocycles. The zero-order valence-electron chi connectivity index (χ0n) is 15.7. The van der Waals surface area contributed by atoms with Gasteiger partial charge in [0.05, 0.1) is 12.8 Å². The number of ether oxygens (including phenoxy) is 1. The van der Waals surface area contributed by atoms with Gasteiger partial charge in [0.1, 0.15) is 17.1 Å². The van der Waals surface area contributed by atoms with Crippen molar-refractivity contribution in [2.24, 2.45) is 0 Å². The van der Waals surface area contributed by atoms with Crippen molar-refractivity contribution in [1.82, 2.24) is 29.6 Å². The molecule has 0 N–H and O–H groups in total. The lowest BCUT2D eigenvalue weighted by atomic mass is 10.2. The normalized spacial score (nSPS) is 11.1. The number of tetrazole rings is 1. The molecule has 0 bridgehead atoms. The van der Waals surface area contributed by atoms with Crippen molar-refractivity contribution in [3.63, 3.8) is 0 Å². The second-order valence-electron chi connectivity index (χ2n) is 6.28. The second kappa shape index (κ2) is 7.43. The van der Waals surface area contributed by atoms with Crippen molar-refractivity contribution in [1.29, 1.82) is 0 Å². The fourth-order valence-electron chi connectivity index (χ4n) is 2.96. The number of methoxy groups -OCH3 is 1. The van der Waals surface area contributed by atoms with E-state index in [2.05, 4.69) is 20.5 Å². The minimum Gasteiger partial charge on any atom is -0.494 e. The van der Waals surface area contributed by atoms with Crippen molar-refractivity contribution in [3.8, 4) is 11.4 Å². The van der Waals surface area contributed by atoms with E-state index in [9.17, 15) is 4.79 Å². The SMILES string of the molecule is COc1ccc(C)cc1-n1nnnc1SCc1cc(=O)n2c(C)cccc2n1. The highest BCUT2D eigenvalue weighted by atomic mass is 32.2. The summed E-state index contributed by atoms with van der Waals surface area (Å²) in [5.74, 6) is 1.14. The smallest absolute Gasteiger partial charge is 0.258 e. The molecule has 4 aromatic rings. The lowest BCUT2D eigenvalue weighted by Crippen LogP contribution is -2.17. The predicted molar refractivity (Wildman–Crippen MR) is 106 cm³/mol. The van der Waals surface area contributed by atoms with Crippen LogP contribution in [-0.4, -0.2) is 36.7 Å². The van der Waals surface area contributed by atoms with E-state index in [1.54, 1.807) is 22.3 Å². The topological polar surface area (TPSA) is 87.2 Å². The molecular formula is C19H18N6O2S. The highest BCUT2D eigenvalue weighted by Crippen LogP contribution is 2.28. The molecule has 3 heterocycles. The van der Waals surface area contributed by atoms with Crippen LogP contribution < -0.4 is 10.3 Å². The van der Waals surface area contributed by atoms with E-state index < -0.39 is 0 Å². The first-order valence-corrected chi connectivity index (χ1v) is 9.60. The summed E-state index contributed by atoms with van der Waals surface area (Å²) in [5, 5.41) is 12.6. The summed E-state index contributed by atoms with van der Waals surface area (Å²) in [5.41, 5.74) is 3.89. The Bertz CT molecular complexity index is 1220. The standard InChI is InChI=1S/C19H18N6O2S/c1-12-7-8-16(27-3)15(9-12)25-19(21-22-23-25)28-11-14-10-18(26)24-13(2)5-4-6-17(24)20-14/h4-10H,11H2,1-3H3. The minimum absolute atomic E-state index is 0.0985. The van der Waals surface area contributed by atoms with Gasteiger partial charge in [-0.3, -0.25) is 9.20 Å². The molecule has 1 aromatic carbocycles. The molecule has 0 atom stereocenters. The van der Waals surface area contributed by atoms with Crippen LogP contribution in [0.25, 0.3) is 11.3 Å². The molecule has 0 aliphatic heterocycles. The number of pyridine rings is 1. The summed E-state index contributed by atoms with van der Waals surface area (Å²) in [6, 6.07) is 13.0. The van der Waals surface area contributed by atoms with E-state index in [1.165, 1.54) is 11.8 Å². The molecule has 8 nitrogen and oxygen atoms in total. The van der Waals surface area contributed by atoms with Crippen LogP contribution in [0.3, 0.4) is 0 Å². The van der Waals surface area contributed by atoms with Crippen molar-refractivity contribution in [3.05, 3.63) is 69.8 Å². The number of hydrogen-bond acceptors (Lipinski definition) is 7. The van der Waals surface area contributed by atoms with Crippen LogP contribution in [0.5, 0.6) is 5.75 Å². The van der Waals surface area contributed by atoms with Crippen LogP contribution >= 0.6 is 11.8 Å². The lowest BCUT2D eigenvalue weighted by Gasteiger charge is -2.10. The van der Waals surface area contributed by atoms with Crippen molar-refractivity contribution in [2.75, 3.05) is 7.11 Å². The molecular weight excluding hydrogens is 376 g/mol. The highest BCUT2D eigenvalue weighted by Gasteiger charge is 2.14. The van der Waals surface area contributed by atoms with E-state index in [0.29, 0.717) is 28.0 Å². The summed E-state index contributed by atoms with van der Waals surface area (Å²) in [4.78, 5) is 17.0. The fraction of sp³-hybridized carbons (Fsp3) is 0.211. The van der Waals surface area contributed by atoms with Crippen molar-refractivity contribution in [2.45, 2.75) is 24.8 Å². The number of aromatic nitrogens is 6. The fourth-order valence-corrected chi connectivity index (χ4v) is 3.74. The monoisotopic (exact) mass is 394 g/mol. The Morgan fingerprint density at radius 3 is 2.82 bits per heavy atom. The van der Waals surface area contributed by atoms with E-state index in [1.807, 2.05) is 50.2 Å². The molecule has 0 radical (unpaired) electrons. The number of nitrogens with zero attached hydrogens (tertiary/aromatic N) is 6. The maximum atomic E-state index is 12.4. The number of rotatable bonds is 5. The molecule has 0 unspecified atom stereocenters. The minimum atomic E-state index is -0.0985. The Morgan fingerprint density at radius 2 is 2.00 bits per heavy atom. The first-order chi connectivity index (χ1) is 13.6. The maximum absolute atomic E-state index is 12.4. The van der Waals surface area contributed by atoms with E-state index in [-0.39, 0.29) is 5.56 Å². The molecule has 0 aliphatic rings. The number of thioether (sulfide) groups is 1. The average molecular weight is 394 g/mol. The molecule has 0 fully saturated rings. The molecule has 0 spiro atoms. The van der Waals surface area contributed by atoms with Crippen LogP contribution in [0.15, 0.2) is 52.4 Å². The van der Waals surface area contributed by atoms with Gasteiger partial charge in [0.2, 0.25) is 5.16 Å². The van der Waals surface area contributed by atoms with Gasteiger partial charge in [-0.25, -0.2) is 4.98 Å². The first-order valence-electron chi connectivity index (χ1n) is 8.61. The summed E-state index contributed by atoms with van der Waals surface area (Å²) in [6.45, 7) is 3.88. The number of aryl methyl sites for hydroxylation is 2. The summed E-state index contributed by atoms with van der Waals surface area (Å²) in [6.07, 6.45) is 0. The van der Waals surface area contributed by atoms with E-state index >= 15 is 0 Å². The van der Waals surface area contributed by atoms with Gasteiger partial charge in [-0.05, 0) is 54.1 Å². The summed E-state index contributed by atoms with van der Waals surface area (Å²) in [7, 11) is 1.61.